The van der Waals surface area contributed by atoms with Gasteiger partial charge in [-0.25, -0.2) is 0 Å². The van der Waals surface area contributed by atoms with Crippen LogP contribution in [0.1, 0.15) is 12.5 Å². The van der Waals surface area contributed by atoms with E-state index in [1.165, 1.54) is 0 Å². The molecule has 1 heterocycles. The van der Waals surface area contributed by atoms with Crippen molar-refractivity contribution < 1.29 is 5.11 Å². The lowest BCUT2D eigenvalue weighted by molar-refractivity contribution is 0.283. The van der Waals surface area contributed by atoms with Crippen LogP contribution in [0.5, 0.6) is 0 Å². The number of hydrogen-bond acceptors (Lipinski definition) is 1. The molecule has 0 fully saturated rings. The Bertz CT molecular complexity index is 548. The Morgan fingerprint density at radius 3 is 2.50 bits per heavy atom. The molecule has 1 N–H and O–H groups in total. The monoisotopic (exact) mass is 277 g/mol. The molecular weight excluding hydrogens is 268 g/mol. The van der Waals surface area contributed by atoms with Crippen LogP contribution in [0, 0.1) is 0 Å². The van der Waals surface area contributed by atoms with Gasteiger partial charge in [0.2, 0.25) is 0 Å². The van der Waals surface area contributed by atoms with Gasteiger partial charge in [-0.05, 0) is 13.0 Å². The Labute approximate surface area is 108 Å². The van der Waals surface area contributed by atoms with Crippen molar-refractivity contribution in [1.82, 2.24) is 4.57 Å². The second-order valence-electron chi connectivity index (χ2n) is 3.43. The van der Waals surface area contributed by atoms with Gasteiger partial charge in [-0.2, -0.15) is 0 Å². The molecule has 0 spiro atoms. The van der Waals surface area contributed by atoms with Crippen molar-refractivity contribution in [3.63, 3.8) is 0 Å². The molecule has 86 valence electrons. The standard InChI is InChI=1S/C11H10Cl3NO/c1-2-15-10-6(7(5-16)11(15)14)3-4-8(12)9(10)13/h3-4,16H,2,5H2,1H3. The molecule has 5 heteroatoms. The Balaban J connectivity index is 2.95. The molecule has 0 radical (unpaired) electrons. The number of nitrogens with zero attached hydrogens (tertiary/aromatic N) is 1. The number of aryl methyl sites for hydroxylation is 1. The molecule has 16 heavy (non-hydrogen) atoms. The summed E-state index contributed by atoms with van der Waals surface area (Å²) in [6, 6.07) is 3.54. The second kappa shape index (κ2) is 4.46. The highest BCUT2D eigenvalue weighted by atomic mass is 35.5. The maximum Gasteiger partial charge on any atom is 0.115 e. The molecule has 0 saturated carbocycles. The maximum atomic E-state index is 9.31. The molecule has 0 amide bonds. The number of benzene rings is 1. The van der Waals surface area contributed by atoms with E-state index in [0.29, 0.717) is 27.3 Å². The van der Waals surface area contributed by atoms with E-state index in [1.807, 2.05) is 17.6 Å². The first-order chi connectivity index (χ1) is 7.61. The van der Waals surface area contributed by atoms with Crippen molar-refractivity contribution >= 4 is 45.7 Å². The van der Waals surface area contributed by atoms with Gasteiger partial charge in [0.15, 0.2) is 0 Å². The average Bonchev–Trinajstić information content (AvgIpc) is 2.56. The maximum absolute atomic E-state index is 9.31. The zero-order valence-corrected chi connectivity index (χ0v) is 10.9. The van der Waals surface area contributed by atoms with E-state index in [-0.39, 0.29) is 6.61 Å². The molecule has 2 aromatic rings. The Hall–Kier alpha value is -0.410. The lowest BCUT2D eigenvalue weighted by atomic mass is 10.2. The van der Waals surface area contributed by atoms with Gasteiger partial charge >= 0.3 is 0 Å². The molecule has 0 aliphatic rings. The van der Waals surface area contributed by atoms with Crippen LogP contribution in [0.15, 0.2) is 12.1 Å². The molecule has 0 aliphatic heterocycles. The highest BCUT2D eigenvalue weighted by Gasteiger charge is 2.17. The number of aliphatic hydroxyl groups excluding tert-OH is 1. The minimum atomic E-state index is -0.111. The van der Waals surface area contributed by atoms with Crippen molar-refractivity contribution in [2.45, 2.75) is 20.1 Å². The summed E-state index contributed by atoms with van der Waals surface area (Å²) in [7, 11) is 0. The van der Waals surface area contributed by atoms with Crippen LogP contribution < -0.4 is 0 Å². The number of fused-ring (bicyclic) bond motifs is 1. The minimum Gasteiger partial charge on any atom is -0.392 e. The lowest BCUT2D eigenvalue weighted by Crippen LogP contribution is -1.94. The van der Waals surface area contributed by atoms with E-state index in [2.05, 4.69) is 0 Å². The van der Waals surface area contributed by atoms with Crippen LogP contribution in [0.3, 0.4) is 0 Å². The first-order valence-corrected chi connectivity index (χ1v) is 6.00. The fourth-order valence-electron chi connectivity index (χ4n) is 1.87. The topological polar surface area (TPSA) is 25.2 Å². The summed E-state index contributed by atoms with van der Waals surface area (Å²) >= 11 is 18.3. The van der Waals surface area contributed by atoms with Gasteiger partial charge in [0.25, 0.3) is 0 Å². The zero-order valence-electron chi connectivity index (χ0n) is 8.60. The molecule has 0 unspecified atom stereocenters. The van der Waals surface area contributed by atoms with Crippen LogP contribution in [0.4, 0.5) is 0 Å². The van der Waals surface area contributed by atoms with Gasteiger partial charge < -0.3 is 9.67 Å². The molecule has 2 nitrogen and oxygen atoms in total. The Kier molecular flexibility index (Phi) is 3.36. The Morgan fingerprint density at radius 2 is 1.94 bits per heavy atom. The van der Waals surface area contributed by atoms with Crippen LogP contribution >= 0.6 is 34.8 Å². The largest absolute Gasteiger partial charge is 0.392 e. The normalized spacial score (nSPS) is 11.3. The van der Waals surface area contributed by atoms with Crippen LogP contribution in [-0.2, 0) is 13.2 Å². The van der Waals surface area contributed by atoms with Crippen LogP contribution in [-0.4, -0.2) is 9.67 Å². The molecule has 0 saturated heterocycles. The number of halogens is 3. The molecular formula is C11H10Cl3NO. The molecule has 1 aromatic carbocycles. The van der Waals surface area contributed by atoms with E-state index in [1.54, 1.807) is 6.07 Å². The molecule has 0 atom stereocenters. The highest BCUT2D eigenvalue weighted by molar-refractivity contribution is 6.45. The first-order valence-electron chi connectivity index (χ1n) is 4.87. The van der Waals surface area contributed by atoms with Crippen LogP contribution in [0.25, 0.3) is 10.9 Å². The van der Waals surface area contributed by atoms with Gasteiger partial charge in [-0.1, -0.05) is 40.9 Å². The van der Waals surface area contributed by atoms with Crippen molar-refractivity contribution in [3.8, 4) is 0 Å². The number of aromatic nitrogens is 1. The third kappa shape index (κ3) is 1.61. The summed E-state index contributed by atoms with van der Waals surface area (Å²) in [5.74, 6) is 0. The van der Waals surface area contributed by atoms with Crippen molar-refractivity contribution in [2.75, 3.05) is 0 Å². The number of hydrogen-bond donors (Lipinski definition) is 1. The van der Waals surface area contributed by atoms with Crippen molar-refractivity contribution in [2.24, 2.45) is 0 Å². The zero-order chi connectivity index (χ0) is 11.9. The van der Waals surface area contributed by atoms with E-state index in [4.69, 9.17) is 34.8 Å². The van der Waals surface area contributed by atoms with Crippen molar-refractivity contribution in [1.29, 1.82) is 0 Å². The van der Waals surface area contributed by atoms with Crippen molar-refractivity contribution in [3.05, 3.63) is 32.9 Å². The summed E-state index contributed by atoms with van der Waals surface area (Å²) in [5.41, 5.74) is 1.47. The quantitative estimate of drug-likeness (QED) is 0.878. The highest BCUT2D eigenvalue weighted by Crippen LogP contribution is 2.37. The Morgan fingerprint density at radius 1 is 1.25 bits per heavy atom. The van der Waals surface area contributed by atoms with Gasteiger partial charge in [0.05, 0.1) is 22.2 Å². The average molecular weight is 279 g/mol. The summed E-state index contributed by atoms with van der Waals surface area (Å²) in [6.45, 7) is 2.53. The number of rotatable bonds is 2. The van der Waals surface area contributed by atoms with E-state index < -0.39 is 0 Å². The molecule has 0 aliphatic carbocycles. The van der Waals surface area contributed by atoms with Gasteiger partial charge in [0.1, 0.15) is 5.15 Å². The van der Waals surface area contributed by atoms with Crippen LogP contribution in [0.2, 0.25) is 15.2 Å². The SMILES string of the molecule is CCn1c(Cl)c(CO)c2ccc(Cl)c(Cl)c21. The second-order valence-corrected chi connectivity index (χ2v) is 4.57. The minimum absolute atomic E-state index is 0.111. The third-order valence-corrected chi connectivity index (χ3v) is 3.85. The molecule has 2 rings (SSSR count). The summed E-state index contributed by atoms with van der Waals surface area (Å²) < 4.78 is 1.84. The predicted molar refractivity (Wildman–Crippen MR) is 68.6 cm³/mol. The lowest BCUT2D eigenvalue weighted by Gasteiger charge is -2.05. The van der Waals surface area contributed by atoms with Gasteiger partial charge in [-0.15, -0.1) is 0 Å². The summed E-state index contributed by atoms with van der Waals surface area (Å²) in [4.78, 5) is 0. The van der Waals surface area contributed by atoms with E-state index in [0.717, 1.165) is 10.9 Å². The molecule has 1 aromatic heterocycles. The van der Waals surface area contributed by atoms with Gasteiger partial charge in [0, 0.05) is 17.5 Å². The van der Waals surface area contributed by atoms with Gasteiger partial charge in [-0.3, -0.25) is 0 Å². The first kappa shape index (κ1) is 12.1. The van der Waals surface area contributed by atoms with E-state index >= 15 is 0 Å². The fraction of sp³-hybridized carbons (Fsp3) is 0.273. The predicted octanol–water partition coefficient (Wildman–Crippen LogP) is 4.11. The third-order valence-electron chi connectivity index (χ3n) is 2.62. The number of aliphatic hydroxyl groups is 1. The fourth-order valence-corrected chi connectivity index (χ4v) is 2.65. The summed E-state index contributed by atoms with van der Waals surface area (Å²) in [6.07, 6.45) is 0. The van der Waals surface area contributed by atoms with E-state index in [9.17, 15) is 5.11 Å². The summed E-state index contributed by atoms with van der Waals surface area (Å²) in [5, 5.41) is 11.6. The smallest absolute Gasteiger partial charge is 0.115 e. The molecule has 0 bridgehead atoms.